The van der Waals surface area contributed by atoms with E-state index >= 15 is 0 Å². The zero-order valence-corrected chi connectivity index (χ0v) is 15.0. The maximum atomic E-state index is 6.23. The van der Waals surface area contributed by atoms with E-state index in [-0.39, 0.29) is 5.54 Å². The number of nitrogens with two attached hydrogens (primary N) is 1. The van der Waals surface area contributed by atoms with Crippen molar-refractivity contribution in [2.45, 2.75) is 57.5 Å². The lowest BCUT2D eigenvalue weighted by atomic mass is 9.87. The lowest BCUT2D eigenvalue weighted by molar-refractivity contribution is 0.0983. The van der Waals surface area contributed by atoms with Gasteiger partial charge in [-0.2, -0.15) is 0 Å². The molecule has 1 aromatic rings. The molecule has 1 saturated carbocycles. The predicted octanol–water partition coefficient (Wildman–Crippen LogP) is 4.57. The van der Waals surface area contributed by atoms with Crippen LogP contribution in [0.4, 0.5) is 0 Å². The van der Waals surface area contributed by atoms with Gasteiger partial charge in [0.25, 0.3) is 0 Å². The molecule has 0 bridgehead atoms. The second-order valence-corrected chi connectivity index (χ2v) is 7.54. The first-order chi connectivity index (χ1) is 10.1. The summed E-state index contributed by atoms with van der Waals surface area (Å²) in [4.78, 5) is 2.51. The van der Waals surface area contributed by atoms with Crippen molar-refractivity contribution in [3.05, 3.63) is 34.3 Å². The molecule has 2 N–H and O–H groups in total. The van der Waals surface area contributed by atoms with Gasteiger partial charge < -0.3 is 5.73 Å². The molecule has 0 radical (unpaired) electrons. The van der Waals surface area contributed by atoms with E-state index < -0.39 is 0 Å². The Bertz CT molecular complexity index is 449. The first kappa shape index (κ1) is 17.0. The number of hydrogen-bond acceptors (Lipinski definition) is 2. The molecule has 1 fully saturated rings. The number of benzene rings is 1. The molecule has 2 rings (SSSR count). The van der Waals surface area contributed by atoms with Crippen molar-refractivity contribution in [2.24, 2.45) is 11.7 Å². The summed E-state index contributed by atoms with van der Waals surface area (Å²) < 4.78 is 1.15. The Morgan fingerprint density at radius 1 is 1.33 bits per heavy atom. The normalized spacial score (nSPS) is 26.8. The van der Waals surface area contributed by atoms with Gasteiger partial charge in [0.2, 0.25) is 0 Å². The quantitative estimate of drug-likeness (QED) is 0.786. The van der Waals surface area contributed by atoms with Crippen molar-refractivity contribution in [1.29, 1.82) is 0 Å². The summed E-state index contributed by atoms with van der Waals surface area (Å²) in [6.07, 6.45) is 7.82. The van der Waals surface area contributed by atoms with Crippen LogP contribution in [0.1, 0.15) is 51.0 Å². The number of likely N-dealkylation sites (N-methyl/N-ethyl adjacent to an activating group) is 1. The molecule has 0 heterocycles. The van der Waals surface area contributed by atoms with Crippen LogP contribution in [-0.2, 0) is 6.54 Å². The van der Waals surface area contributed by atoms with Crippen LogP contribution in [0.3, 0.4) is 0 Å². The average molecular weight is 353 g/mol. The number of hydrogen-bond donors (Lipinski definition) is 1. The van der Waals surface area contributed by atoms with Crippen molar-refractivity contribution in [3.63, 3.8) is 0 Å². The van der Waals surface area contributed by atoms with Gasteiger partial charge in [-0.3, -0.25) is 4.90 Å². The van der Waals surface area contributed by atoms with Crippen LogP contribution in [0.2, 0.25) is 0 Å². The smallest absolute Gasteiger partial charge is 0.0332 e. The first-order valence-electron chi connectivity index (χ1n) is 8.25. The van der Waals surface area contributed by atoms with Gasteiger partial charge in [-0.15, -0.1) is 0 Å². The highest BCUT2D eigenvalue weighted by atomic mass is 79.9. The molecular formula is C18H29BrN2. The minimum absolute atomic E-state index is 0.187. The van der Waals surface area contributed by atoms with Gasteiger partial charge in [0.05, 0.1) is 0 Å². The third-order valence-corrected chi connectivity index (χ3v) is 5.84. The summed E-state index contributed by atoms with van der Waals surface area (Å²) >= 11 is 3.57. The Morgan fingerprint density at radius 2 is 2.14 bits per heavy atom. The highest BCUT2D eigenvalue weighted by Gasteiger charge is 2.35. The molecule has 3 heteroatoms. The standard InChI is InChI=1S/C18H29BrN2/c1-3-15-7-5-10-18(14-20,11-9-15)21(2)13-16-6-4-8-17(19)12-16/h4,6,8,12,15H,3,5,7,9-11,13-14,20H2,1-2H3. The van der Waals surface area contributed by atoms with E-state index in [4.69, 9.17) is 5.73 Å². The summed E-state index contributed by atoms with van der Waals surface area (Å²) in [6.45, 7) is 4.08. The third kappa shape index (κ3) is 4.30. The Kier molecular flexibility index (Phi) is 6.27. The summed E-state index contributed by atoms with van der Waals surface area (Å²) in [5.74, 6) is 0.901. The van der Waals surface area contributed by atoms with E-state index in [9.17, 15) is 0 Å². The molecule has 0 spiro atoms. The van der Waals surface area contributed by atoms with E-state index in [0.29, 0.717) is 0 Å². The van der Waals surface area contributed by atoms with Crippen molar-refractivity contribution in [1.82, 2.24) is 4.90 Å². The van der Waals surface area contributed by atoms with Crippen molar-refractivity contribution >= 4 is 15.9 Å². The van der Waals surface area contributed by atoms with E-state index in [2.05, 4.69) is 59.1 Å². The Morgan fingerprint density at radius 3 is 2.81 bits per heavy atom. The maximum absolute atomic E-state index is 6.23. The van der Waals surface area contributed by atoms with Crippen LogP contribution < -0.4 is 5.73 Å². The number of halogens is 1. The monoisotopic (exact) mass is 352 g/mol. The van der Waals surface area contributed by atoms with Crippen LogP contribution in [0.5, 0.6) is 0 Å². The highest BCUT2D eigenvalue weighted by molar-refractivity contribution is 9.10. The molecule has 0 saturated heterocycles. The summed E-state index contributed by atoms with van der Waals surface area (Å²) in [6, 6.07) is 8.62. The molecule has 0 aromatic heterocycles. The van der Waals surface area contributed by atoms with Crippen molar-refractivity contribution in [2.75, 3.05) is 13.6 Å². The van der Waals surface area contributed by atoms with Crippen LogP contribution in [-0.4, -0.2) is 24.0 Å². The van der Waals surface area contributed by atoms with Gasteiger partial charge in [-0.05, 0) is 49.9 Å². The SMILES string of the molecule is CCC1CCCC(CN)(N(C)Cc2cccc(Br)c2)CC1. The van der Waals surface area contributed by atoms with Crippen LogP contribution in [0.25, 0.3) is 0 Å². The summed E-state index contributed by atoms with van der Waals surface area (Å²) in [5.41, 5.74) is 7.77. The fourth-order valence-corrected chi connectivity index (χ4v) is 4.14. The van der Waals surface area contributed by atoms with E-state index in [1.54, 1.807) is 0 Å². The first-order valence-corrected chi connectivity index (χ1v) is 9.04. The third-order valence-electron chi connectivity index (χ3n) is 5.35. The zero-order valence-electron chi connectivity index (χ0n) is 13.4. The van der Waals surface area contributed by atoms with Gasteiger partial charge in [-0.25, -0.2) is 0 Å². The Hall–Kier alpha value is -0.380. The van der Waals surface area contributed by atoms with Crippen molar-refractivity contribution < 1.29 is 0 Å². The molecule has 0 amide bonds. The van der Waals surface area contributed by atoms with Gasteiger partial charge in [0.1, 0.15) is 0 Å². The molecule has 0 aliphatic heterocycles. The van der Waals surface area contributed by atoms with Gasteiger partial charge in [-0.1, -0.05) is 54.2 Å². The average Bonchev–Trinajstić information content (AvgIpc) is 2.70. The van der Waals surface area contributed by atoms with E-state index in [1.807, 2.05) is 0 Å². The number of rotatable bonds is 5. The van der Waals surface area contributed by atoms with Crippen molar-refractivity contribution in [3.8, 4) is 0 Å². The molecule has 21 heavy (non-hydrogen) atoms. The molecule has 2 atom stereocenters. The summed E-state index contributed by atoms with van der Waals surface area (Å²) in [7, 11) is 2.25. The van der Waals surface area contributed by atoms with E-state index in [1.165, 1.54) is 44.1 Å². The zero-order chi connectivity index (χ0) is 15.3. The minimum atomic E-state index is 0.187. The number of nitrogens with zero attached hydrogens (tertiary/aromatic N) is 1. The van der Waals surface area contributed by atoms with Gasteiger partial charge >= 0.3 is 0 Å². The molecule has 118 valence electrons. The minimum Gasteiger partial charge on any atom is -0.329 e. The van der Waals surface area contributed by atoms with Gasteiger partial charge in [0, 0.05) is 23.1 Å². The molecule has 2 unspecified atom stereocenters. The van der Waals surface area contributed by atoms with Crippen LogP contribution in [0.15, 0.2) is 28.7 Å². The highest BCUT2D eigenvalue weighted by Crippen LogP contribution is 2.35. The lowest BCUT2D eigenvalue weighted by Crippen LogP contribution is -2.51. The molecule has 1 aliphatic rings. The fourth-order valence-electron chi connectivity index (χ4n) is 3.69. The summed E-state index contributed by atoms with van der Waals surface area (Å²) in [5, 5.41) is 0. The van der Waals surface area contributed by atoms with Crippen LogP contribution >= 0.6 is 15.9 Å². The molecule has 1 aliphatic carbocycles. The topological polar surface area (TPSA) is 29.3 Å². The molecule has 1 aromatic carbocycles. The lowest BCUT2D eigenvalue weighted by Gasteiger charge is -2.41. The second kappa shape index (κ2) is 7.75. The largest absolute Gasteiger partial charge is 0.329 e. The Labute approximate surface area is 138 Å². The molecular weight excluding hydrogens is 324 g/mol. The second-order valence-electron chi connectivity index (χ2n) is 6.62. The fraction of sp³-hybridized carbons (Fsp3) is 0.667. The maximum Gasteiger partial charge on any atom is 0.0332 e. The van der Waals surface area contributed by atoms with Gasteiger partial charge in [0.15, 0.2) is 0 Å². The Balaban J connectivity index is 2.08. The van der Waals surface area contributed by atoms with Crippen LogP contribution in [0, 0.1) is 5.92 Å². The van der Waals surface area contributed by atoms with E-state index in [0.717, 1.165) is 23.5 Å². The predicted molar refractivity (Wildman–Crippen MR) is 94.3 cm³/mol. The molecule has 2 nitrogen and oxygen atoms in total.